The number of rotatable bonds is 12. The Kier molecular flexibility index (Phi) is 10.9. The first-order chi connectivity index (χ1) is 29.6. The van der Waals surface area contributed by atoms with Gasteiger partial charge in [-0.2, -0.15) is 0 Å². The summed E-state index contributed by atoms with van der Waals surface area (Å²) >= 11 is 0. The fourth-order valence-electron chi connectivity index (χ4n) is 7.76. The molecule has 0 saturated heterocycles. The van der Waals surface area contributed by atoms with Gasteiger partial charge in [-0.25, -0.2) is 0 Å². The summed E-state index contributed by atoms with van der Waals surface area (Å²) < 4.78 is 0. The van der Waals surface area contributed by atoms with Gasteiger partial charge in [0.15, 0.2) is 0 Å². The van der Waals surface area contributed by atoms with Gasteiger partial charge >= 0.3 is 0 Å². The molecule has 0 aliphatic heterocycles. The summed E-state index contributed by atoms with van der Waals surface area (Å²) in [4.78, 5) is 9.27. The van der Waals surface area contributed by atoms with Crippen molar-refractivity contribution >= 4 is 68.2 Å². The van der Waals surface area contributed by atoms with E-state index >= 15 is 0 Å². The standard InChI is InChI=1S/C56H46N4/c1-43-26-30-49(31-27-43)58(50-32-28-44(2)29-33-50)52-36-40-54(41-37-52)60(48-22-13-6-14-23-48)56-25-15-24-55(42-56)59(47-20-11-5-12-21-47)53-38-34-51(35-39-53)57(45-16-7-3-8-17-45)46-18-9-4-10-19-46/h3-42H,1-2H3. The molecule has 9 aromatic carbocycles. The molecule has 0 fully saturated rings. The second-order valence-electron chi connectivity index (χ2n) is 14.9. The van der Waals surface area contributed by atoms with Crippen molar-refractivity contribution in [3.63, 3.8) is 0 Å². The average molecular weight is 775 g/mol. The van der Waals surface area contributed by atoms with E-state index in [9.17, 15) is 0 Å². The maximum absolute atomic E-state index is 2.33. The van der Waals surface area contributed by atoms with Gasteiger partial charge in [0.05, 0.1) is 0 Å². The predicted octanol–water partition coefficient (Wildman–Crippen LogP) is 16.2. The van der Waals surface area contributed by atoms with Gasteiger partial charge in [0, 0.05) is 68.2 Å². The highest BCUT2D eigenvalue weighted by atomic mass is 15.2. The second-order valence-corrected chi connectivity index (χ2v) is 14.9. The molecule has 0 amide bonds. The minimum atomic E-state index is 1.05. The van der Waals surface area contributed by atoms with E-state index in [-0.39, 0.29) is 0 Å². The van der Waals surface area contributed by atoms with Crippen LogP contribution in [0.5, 0.6) is 0 Å². The summed E-state index contributed by atoms with van der Waals surface area (Å²) in [5.41, 5.74) is 15.5. The van der Waals surface area contributed by atoms with Crippen LogP contribution in [0.25, 0.3) is 0 Å². The summed E-state index contributed by atoms with van der Waals surface area (Å²) in [5, 5.41) is 0. The Labute approximate surface area is 354 Å². The molecule has 290 valence electrons. The first kappa shape index (κ1) is 37.7. The molecule has 4 heteroatoms. The molecular weight excluding hydrogens is 729 g/mol. The van der Waals surface area contributed by atoms with Gasteiger partial charge in [0.25, 0.3) is 0 Å². The minimum absolute atomic E-state index is 1.05. The maximum Gasteiger partial charge on any atom is 0.0482 e. The third-order valence-corrected chi connectivity index (χ3v) is 10.7. The van der Waals surface area contributed by atoms with E-state index in [0.29, 0.717) is 0 Å². The lowest BCUT2D eigenvalue weighted by Gasteiger charge is -2.30. The van der Waals surface area contributed by atoms with Crippen LogP contribution in [-0.4, -0.2) is 0 Å². The lowest BCUT2D eigenvalue weighted by molar-refractivity contribution is 1.23. The first-order valence-corrected chi connectivity index (χ1v) is 20.4. The summed E-state index contributed by atoms with van der Waals surface area (Å²) in [5.74, 6) is 0. The molecule has 0 aliphatic rings. The summed E-state index contributed by atoms with van der Waals surface area (Å²) in [7, 11) is 0. The SMILES string of the molecule is Cc1ccc(N(c2ccc(C)cc2)c2ccc(N(c3ccccc3)c3cccc(N(c4ccccc4)c4ccc(N(c5ccccc5)c5ccccc5)cc4)c3)cc2)cc1. The summed E-state index contributed by atoms with van der Waals surface area (Å²) in [6.07, 6.45) is 0. The highest BCUT2D eigenvalue weighted by Crippen LogP contribution is 2.43. The van der Waals surface area contributed by atoms with E-state index in [1.165, 1.54) is 11.1 Å². The van der Waals surface area contributed by atoms with Crippen molar-refractivity contribution in [2.75, 3.05) is 19.6 Å². The van der Waals surface area contributed by atoms with Crippen molar-refractivity contribution in [2.24, 2.45) is 0 Å². The molecule has 9 rings (SSSR count). The van der Waals surface area contributed by atoms with Crippen molar-refractivity contribution in [1.29, 1.82) is 0 Å². The lowest BCUT2D eigenvalue weighted by atomic mass is 10.1. The highest BCUT2D eigenvalue weighted by Gasteiger charge is 2.20. The number of hydrogen-bond donors (Lipinski definition) is 0. The molecule has 9 aromatic rings. The number of anilines is 12. The molecule has 0 spiro atoms. The van der Waals surface area contributed by atoms with E-state index in [2.05, 4.69) is 276 Å². The zero-order valence-electron chi connectivity index (χ0n) is 33.9. The predicted molar refractivity (Wildman–Crippen MR) is 255 cm³/mol. The monoisotopic (exact) mass is 774 g/mol. The van der Waals surface area contributed by atoms with E-state index in [4.69, 9.17) is 0 Å². The van der Waals surface area contributed by atoms with E-state index < -0.39 is 0 Å². The lowest BCUT2D eigenvalue weighted by Crippen LogP contribution is -2.14. The molecule has 0 unspecified atom stereocenters. The number of hydrogen-bond acceptors (Lipinski definition) is 4. The summed E-state index contributed by atoms with van der Waals surface area (Å²) in [6, 6.07) is 86.3. The van der Waals surface area contributed by atoms with Crippen molar-refractivity contribution < 1.29 is 0 Å². The van der Waals surface area contributed by atoms with Gasteiger partial charge in [0.1, 0.15) is 0 Å². The molecule has 0 aromatic heterocycles. The van der Waals surface area contributed by atoms with E-state index in [1.807, 2.05) is 0 Å². The van der Waals surface area contributed by atoms with Crippen molar-refractivity contribution in [2.45, 2.75) is 13.8 Å². The number of para-hydroxylation sites is 4. The second kappa shape index (κ2) is 17.4. The molecule has 0 bridgehead atoms. The number of nitrogens with zero attached hydrogens (tertiary/aromatic N) is 4. The molecular formula is C56H46N4. The Balaban J connectivity index is 1.10. The van der Waals surface area contributed by atoms with Gasteiger partial charge in [0.2, 0.25) is 0 Å². The molecule has 0 saturated carbocycles. The zero-order chi connectivity index (χ0) is 40.7. The third-order valence-electron chi connectivity index (χ3n) is 10.7. The van der Waals surface area contributed by atoms with Crippen LogP contribution in [0.2, 0.25) is 0 Å². The average Bonchev–Trinajstić information content (AvgIpc) is 3.31. The quantitative estimate of drug-likeness (QED) is 0.123. The molecule has 60 heavy (non-hydrogen) atoms. The van der Waals surface area contributed by atoms with Gasteiger partial charge in [-0.3, -0.25) is 0 Å². The summed E-state index contributed by atoms with van der Waals surface area (Å²) in [6.45, 7) is 4.26. The highest BCUT2D eigenvalue weighted by molar-refractivity contribution is 5.86. The molecule has 0 radical (unpaired) electrons. The Bertz CT molecular complexity index is 2650. The fraction of sp³-hybridized carbons (Fsp3) is 0.0357. The topological polar surface area (TPSA) is 13.0 Å². The molecule has 0 N–H and O–H groups in total. The van der Waals surface area contributed by atoms with Crippen LogP contribution < -0.4 is 19.6 Å². The normalized spacial score (nSPS) is 10.8. The van der Waals surface area contributed by atoms with E-state index in [0.717, 1.165) is 68.2 Å². The zero-order valence-corrected chi connectivity index (χ0v) is 33.9. The fourth-order valence-corrected chi connectivity index (χ4v) is 7.76. The number of benzene rings is 9. The molecule has 4 nitrogen and oxygen atoms in total. The Morgan fingerprint density at radius 2 is 0.367 bits per heavy atom. The van der Waals surface area contributed by atoms with Gasteiger partial charge in [-0.1, -0.05) is 114 Å². The minimum Gasteiger partial charge on any atom is -0.311 e. The van der Waals surface area contributed by atoms with Crippen LogP contribution in [0.3, 0.4) is 0 Å². The van der Waals surface area contributed by atoms with Gasteiger partial charge in [-0.05, 0) is 153 Å². The van der Waals surface area contributed by atoms with Crippen LogP contribution in [-0.2, 0) is 0 Å². The first-order valence-electron chi connectivity index (χ1n) is 20.4. The maximum atomic E-state index is 2.33. The molecule has 0 aliphatic carbocycles. The smallest absolute Gasteiger partial charge is 0.0482 e. The molecule has 0 atom stereocenters. The Morgan fingerprint density at radius 1 is 0.183 bits per heavy atom. The van der Waals surface area contributed by atoms with Crippen LogP contribution in [0, 0.1) is 13.8 Å². The van der Waals surface area contributed by atoms with Crippen LogP contribution in [0.15, 0.2) is 243 Å². The molecule has 0 heterocycles. The number of aryl methyl sites for hydroxylation is 2. The van der Waals surface area contributed by atoms with Crippen molar-refractivity contribution in [3.8, 4) is 0 Å². The third kappa shape index (κ3) is 8.13. The van der Waals surface area contributed by atoms with Gasteiger partial charge < -0.3 is 19.6 Å². The van der Waals surface area contributed by atoms with Crippen LogP contribution >= 0.6 is 0 Å². The van der Waals surface area contributed by atoms with E-state index in [1.54, 1.807) is 0 Å². The Hall–Kier alpha value is -7.82. The van der Waals surface area contributed by atoms with Crippen LogP contribution in [0.1, 0.15) is 11.1 Å². The van der Waals surface area contributed by atoms with Gasteiger partial charge in [-0.15, -0.1) is 0 Å². The Morgan fingerprint density at radius 3 is 0.617 bits per heavy atom. The van der Waals surface area contributed by atoms with Crippen molar-refractivity contribution in [3.05, 3.63) is 254 Å². The van der Waals surface area contributed by atoms with Crippen molar-refractivity contribution in [1.82, 2.24) is 0 Å². The van der Waals surface area contributed by atoms with Crippen LogP contribution in [0.4, 0.5) is 68.2 Å². The largest absolute Gasteiger partial charge is 0.311 e.